The zero-order chi connectivity index (χ0) is 22.2. The summed E-state index contributed by atoms with van der Waals surface area (Å²) in [7, 11) is 0. The first-order valence-electron chi connectivity index (χ1n) is 11.0. The van der Waals surface area contributed by atoms with Crippen LogP contribution in [0.3, 0.4) is 0 Å². The molecule has 1 saturated heterocycles. The van der Waals surface area contributed by atoms with E-state index in [4.69, 9.17) is 11.6 Å². The summed E-state index contributed by atoms with van der Waals surface area (Å²) in [5.74, 6) is 1.60. The fraction of sp³-hybridized carbons (Fsp3) is 0.375. The lowest BCUT2D eigenvalue weighted by Gasteiger charge is -2.28. The Kier molecular flexibility index (Phi) is 5.61. The Balaban J connectivity index is 1.36. The van der Waals surface area contributed by atoms with Crippen molar-refractivity contribution in [2.24, 2.45) is 0 Å². The number of fused-ring (bicyclic) bond motifs is 1. The number of nitrogens with one attached hydrogen (secondary N) is 1. The molecule has 1 aliphatic heterocycles. The lowest BCUT2D eigenvalue weighted by Crippen LogP contribution is -2.44. The van der Waals surface area contributed by atoms with Crippen LogP contribution in [-0.2, 0) is 13.0 Å². The van der Waals surface area contributed by atoms with Crippen molar-refractivity contribution in [3.63, 3.8) is 0 Å². The quantitative estimate of drug-likeness (QED) is 0.632. The summed E-state index contributed by atoms with van der Waals surface area (Å²) < 4.78 is 2.07. The highest BCUT2D eigenvalue weighted by atomic mass is 35.5. The van der Waals surface area contributed by atoms with Crippen molar-refractivity contribution < 1.29 is 9.90 Å². The number of nitrogens with zero attached hydrogens (tertiary/aromatic N) is 4. The number of aryl methyl sites for hydroxylation is 1. The second-order valence-electron chi connectivity index (χ2n) is 8.57. The number of aliphatic hydroxyl groups excluding tert-OH is 1. The van der Waals surface area contributed by atoms with E-state index in [1.165, 1.54) is 0 Å². The van der Waals surface area contributed by atoms with Gasteiger partial charge in [0.2, 0.25) is 0 Å². The molecule has 0 saturated carbocycles. The summed E-state index contributed by atoms with van der Waals surface area (Å²) in [6.45, 7) is 3.19. The summed E-state index contributed by atoms with van der Waals surface area (Å²) in [5.41, 5.74) is 3.17. The van der Waals surface area contributed by atoms with Crippen LogP contribution in [-0.4, -0.2) is 43.5 Å². The Labute approximate surface area is 192 Å². The van der Waals surface area contributed by atoms with Crippen LogP contribution in [0.25, 0.3) is 0 Å². The van der Waals surface area contributed by atoms with E-state index in [-0.39, 0.29) is 12.1 Å². The first kappa shape index (κ1) is 21.0. The van der Waals surface area contributed by atoms with Gasteiger partial charge < -0.3 is 19.9 Å². The molecule has 5 rings (SSSR count). The lowest BCUT2D eigenvalue weighted by atomic mass is 10.1. The summed E-state index contributed by atoms with van der Waals surface area (Å²) in [6.07, 6.45) is 1.66. The van der Waals surface area contributed by atoms with E-state index in [1.807, 2.05) is 60.4 Å². The Morgan fingerprint density at radius 3 is 2.78 bits per heavy atom. The smallest absolute Gasteiger partial charge is 0.318 e. The highest BCUT2D eigenvalue weighted by molar-refractivity contribution is 6.30. The third kappa shape index (κ3) is 3.87. The maximum atomic E-state index is 13.3. The van der Waals surface area contributed by atoms with Crippen LogP contribution in [0, 0.1) is 6.92 Å². The molecule has 2 heterocycles. The van der Waals surface area contributed by atoms with Crippen molar-refractivity contribution >= 4 is 17.6 Å². The number of aromatic nitrogens is 3. The topological polar surface area (TPSA) is 83.3 Å². The van der Waals surface area contributed by atoms with E-state index in [0.717, 1.165) is 41.2 Å². The van der Waals surface area contributed by atoms with Crippen LogP contribution >= 0.6 is 11.6 Å². The number of carbonyl (C=O) groups excluding carboxylic acids is 1. The Hall–Kier alpha value is -2.90. The molecule has 2 aliphatic rings. The highest BCUT2D eigenvalue weighted by Crippen LogP contribution is 2.34. The second kappa shape index (κ2) is 8.56. The van der Waals surface area contributed by atoms with Gasteiger partial charge in [0.15, 0.2) is 5.82 Å². The molecule has 32 heavy (non-hydrogen) atoms. The molecule has 7 nitrogen and oxygen atoms in total. The number of hydrogen-bond donors (Lipinski definition) is 2. The number of benzene rings is 2. The molecule has 3 aromatic rings. The number of hydrogen-bond acceptors (Lipinski definition) is 4. The lowest BCUT2D eigenvalue weighted by molar-refractivity contribution is 0.132. The third-order valence-corrected chi connectivity index (χ3v) is 6.76. The van der Waals surface area contributed by atoms with E-state index in [1.54, 1.807) is 0 Å². The first-order valence-corrected chi connectivity index (χ1v) is 11.4. The number of amides is 2. The monoisotopic (exact) mass is 451 g/mol. The number of carbonyl (C=O) groups is 1. The van der Waals surface area contributed by atoms with Crippen LogP contribution in [0.1, 0.15) is 53.3 Å². The molecule has 1 aliphatic carbocycles. The maximum Gasteiger partial charge on any atom is 0.318 e. The molecule has 0 unspecified atom stereocenters. The molecule has 1 fully saturated rings. The predicted molar refractivity (Wildman–Crippen MR) is 121 cm³/mol. The highest BCUT2D eigenvalue weighted by Gasteiger charge is 2.38. The Morgan fingerprint density at radius 2 is 1.97 bits per heavy atom. The average Bonchev–Trinajstić information content (AvgIpc) is 3.48. The van der Waals surface area contributed by atoms with Crippen LogP contribution in [0.5, 0.6) is 0 Å². The number of rotatable bonds is 4. The van der Waals surface area contributed by atoms with Gasteiger partial charge in [-0.2, -0.15) is 0 Å². The normalized spacial score (nSPS) is 22.2. The van der Waals surface area contributed by atoms with Gasteiger partial charge in [-0.25, -0.2) is 4.79 Å². The van der Waals surface area contributed by atoms with E-state index < -0.39 is 12.1 Å². The number of halogens is 1. The van der Waals surface area contributed by atoms with E-state index in [9.17, 15) is 9.90 Å². The fourth-order valence-electron chi connectivity index (χ4n) is 4.85. The molecule has 8 heteroatoms. The largest absolute Gasteiger partial charge is 0.390 e. The van der Waals surface area contributed by atoms with Crippen molar-refractivity contribution in [2.45, 2.75) is 50.9 Å². The van der Waals surface area contributed by atoms with Gasteiger partial charge in [-0.05, 0) is 48.6 Å². The molecule has 3 atom stereocenters. The summed E-state index contributed by atoms with van der Waals surface area (Å²) >= 11 is 6.02. The average molecular weight is 452 g/mol. The summed E-state index contributed by atoms with van der Waals surface area (Å²) in [6, 6.07) is 14.9. The maximum absolute atomic E-state index is 13.3. The minimum atomic E-state index is -0.617. The molecular weight excluding hydrogens is 426 g/mol. The van der Waals surface area contributed by atoms with Crippen molar-refractivity contribution in [3.8, 4) is 0 Å². The fourth-order valence-corrected chi connectivity index (χ4v) is 4.98. The zero-order valence-corrected chi connectivity index (χ0v) is 18.7. The van der Waals surface area contributed by atoms with Gasteiger partial charge in [0.1, 0.15) is 5.82 Å². The molecule has 2 N–H and O–H groups in total. The van der Waals surface area contributed by atoms with Gasteiger partial charge in [0.25, 0.3) is 0 Å². The van der Waals surface area contributed by atoms with Crippen LogP contribution in [0.2, 0.25) is 5.02 Å². The molecule has 0 spiro atoms. The minimum absolute atomic E-state index is 0.155. The molecule has 1 aromatic heterocycles. The van der Waals surface area contributed by atoms with Crippen LogP contribution < -0.4 is 5.32 Å². The van der Waals surface area contributed by atoms with E-state index in [2.05, 4.69) is 20.1 Å². The molecular formula is C24H26ClN5O2. The summed E-state index contributed by atoms with van der Waals surface area (Å²) in [5, 5.41) is 23.1. The van der Waals surface area contributed by atoms with Crippen molar-refractivity contribution in [1.29, 1.82) is 0 Å². The first-order chi connectivity index (χ1) is 15.5. The number of aliphatic hydroxyl groups is 1. The van der Waals surface area contributed by atoms with Gasteiger partial charge in [-0.1, -0.05) is 48.0 Å². The van der Waals surface area contributed by atoms with Crippen LogP contribution in [0.15, 0.2) is 48.5 Å². The van der Waals surface area contributed by atoms with Crippen molar-refractivity contribution in [1.82, 2.24) is 25.0 Å². The SMILES string of the molecule is Cc1nnc([C@H]2CCCN2C(=O)N[C@@H]2c3ccccc3C[C@H]2O)n1Cc1ccc(Cl)cc1. The van der Waals surface area contributed by atoms with Crippen LogP contribution in [0.4, 0.5) is 4.79 Å². The number of urea groups is 1. The Morgan fingerprint density at radius 1 is 1.19 bits per heavy atom. The van der Waals surface area contributed by atoms with Crippen molar-refractivity contribution in [2.75, 3.05) is 6.54 Å². The van der Waals surface area contributed by atoms with Gasteiger partial charge in [-0.15, -0.1) is 10.2 Å². The summed E-state index contributed by atoms with van der Waals surface area (Å²) in [4.78, 5) is 15.1. The van der Waals surface area contributed by atoms with Gasteiger partial charge in [0, 0.05) is 18.0 Å². The molecule has 0 radical (unpaired) electrons. The predicted octanol–water partition coefficient (Wildman–Crippen LogP) is 3.79. The van der Waals surface area contributed by atoms with E-state index >= 15 is 0 Å². The van der Waals surface area contributed by atoms with Gasteiger partial charge in [-0.3, -0.25) is 0 Å². The zero-order valence-electron chi connectivity index (χ0n) is 17.9. The molecule has 2 amide bonds. The van der Waals surface area contributed by atoms with Crippen molar-refractivity contribution in [3.05, 3.63) is 81.9 Å². The molecule has 166 valence electrons. The third-order valence-electron chi connectivity index (χ3n) is 6.51. The molecule has 0 bridgehead atoms. The van der Waals surface area contributed by atoms with Gasteiger partial charge >= 0.3 is 6.03 Å². The Bertz CT molecular complexity index is 1130. The van der Waals surface area contributed by atoms with E-state index in [0.29, 0.717) is 24.5 Å². The van der Waals surface area contributed by atoms with Gasteiger partial charge in [0.05, 0.1) is 24.7 Å². The second-order valence-corrected chi connectivity index (χ2v) is 9.00. The minimum Gasteiger partial charge on any atom is -0.390 e. The number of likely N-dealkylation sites (tertiary alicyclic amines) is 1. The molecule has 2 aromatic carbocycles. The standard InChI is InChI=1S/C24H26ClN5O2/c1-15-27-28-23(30(15)14-16-8-10-18(25)11-9-16)20-7-4-12-29(20)24(32)26-22-19-6-3-2-5-17(19)13-21(22)31/h2-3,5-6,8-11,20-22,31H,4,7,12-14H2,1H3,(H,26,32)/t20-,21-,22-/m1/s1.